The molecule has 4 aliphatic heterocycles. The topological polar surface area (TPSA) is 13.0 Å². The summed E-state index contributed by atoms with van der Waals surface area (Å²) >= 11 is 0. The summed E-state index contributed by atoms with van der Waals surface area (Å²) < 4.78 is 0. The first kappa shape index (κ1) is 16.7. The molecular formula is C18H36N4. The van der Waals surface area contributed by atoms with Crippen LogP contribution in [0.2, 0.25) is 0 Å². The number of nitrogens with zero attached hydrogens (tertiary/aromatic N) is 4. The van der Waals surface area contributed by atoms with Gasteiger partial charge in [-0.05, 0) is 48.0 Å². The van der Waals surface area contributed by atoms with E-state index in [1.54, 1.807) is 0 Å². The number of hydrogen-bond acceptors (Lipinski definition) is 4. The lowest BCUT2D eigenvalue weighted by Crippen LogP contribution is -2.73. The van der Waals surface area contributed by atoms with E-state index in [1.807, 2.05) is 0 Å². The van der Waals surface area contributed by atoms with E-state index in [0.717, 1.165) is 12.1 Å². The van der Waals surface area contributed by atoms with Crippen LogP contribution in [0.5, 0.6) is 0 Å². The average Bonchev–Trinajstić information content (AvgIpc) is 2.36. The standard InChI is InChI=1S/C18H36N4/c1-17(2,3)21-9-7-19(8-10-21)14-20-12-15-11-16(13-20)22(15)18(4,5)6/h15-16H,7-14H2,1-6H3. The Morgan fingerprint density at radius 1 is 0.727 bits per heavy atom. The maximum absolute atomic E-state index is 2.75. The van der Waals surface area contributed by atoms with Crippen LogP contribution in [0, 0.1) is 0 Å². The Labute approximate surface area is 137 Å². The van der Waals surface area contributed by atoms with Crippen molar-refractivity contribution in [1.29, 1.82) is 0 Å². The van der Waals surface area contributed by atoms with Crippen LogP contribution >= 0.6 is 0 Å². The van der Waals surface area contributed by atoms with Gasteiger partial charge < -0.3 is 0 Å². The monoisotopic (exact) mass is 308 g/mol. The molecular weight excluding hydrogens is 272 g/mol. The molecule has 0 radical (unpaired) electrons. The largest absolute Gasteiger partial charge is 0.296 e. The number of rotatable bonds is 2. The van der Waals surface area contributed by atoms with Gasteiger partial charge in [0.25, 0.3) is 0 Å². The fraction of sp³-hybridized carbons (Fsp3) is 1.00. The van der Waals surface area contributed by atoms with Gasteiger partial charge in [0, 0.05) is 62.4 Å². The molecule has 4 fully saturated rings. The van der Waals surface area contributed by atoms with Crippen molar-refractivity contribution in [1.82, 2.24) is 19.6 Å². The molecule has 0 amide bonds. The van der Waals surface area contributed by atoms with E-state index in [0.29, 0.717) is 11.1 Å². The van der Waals surface area contributed by atoms with E-state index in [4.69, 9.17) is 0 Å². The maximum atomic E-state index is 2.75. The highest BCUT2D eigenvalue weighted by Gasteiger charge is 2.49. The van der Waals surface area contributed by atoms with E-state index >= 15 is 0 Å². The third-order valence-electron chi connectivity index (χ3n) is 5.76. The zero-order valence-corrected chi connectivity index (χ0v) is 15.6. The van der Waals surface area contributed by atoms with Crippen molar-refractivity contribution >= 4 is 0 Å². The quantitative estimate of drug-likeness (QED) is 0.772. The van der Waals surface area contributed by atoms with Gasteiger partial charge in [-0.25, -0.2) is 0 Å². The lowest BCUT2D eigenvalue weighted by atomic mass is 9.82. The third-order valence-corrected chi connectivity index (χ3v) is 5.76. The second kappa shape index (κ2) is 5.73. The summed E-state index contributed by atoms with van der Waals surface area (Å²) in [6, 6.07) is 1.60. The van der Waals surface area contributed by atoms with Gasteiger partial charge in [-0.2, -0.15) is 0 Å². The molecule has 0 aliphatic carbocycles. The molecule has 4 aliphatic rings. The number of hydrogen-bond donors (Lipinski definition) is 0. The Kier molecular flexibility index (Phi) is 4.35. The Morgan fingerprint density at radius 3 is 1.73 bits per heavy atom. The summed E-state index contributed by atoms with van der Waals surface area (Å²) in [5.41, 5.74) is 0.671. The molecule has 4 rings (SSSR count). The van der Waals surface area contributed by atoms with Gasteiger partial charge in [0.1, 0.15) is 0 Å². The molecule has 0 aromatic rings. The molecule has 4 nitrogen and oxygen atoms in total. The molecule has 2 bridgehead atoms. The summed E-state index contributed by atoms with van der Waals surface area (Å²) in [6.45, 7) is 22.7. The number of piperazine rings is 2. The van der Waals surface area contributed by atoms with E-state index in [1.165, 1.54) is 52.4 Å². The predicted octanol–water partition coefficient (Wildman–Crippen LogP) is 1.92. The highest BCUT2D eigenvalue weighted by atomic mass is 15.4. The highest BCUT2D eigenvalue weighted by molar-refractivity contribution is 5.05. The summed E-state index contributed by atoms with van der Waals surface area (Å²) in [6.07, 6.45) is 1.42. The molecule has 0 saturated carbocycles. The predicted molar refractivity (Wildman–Crippen MR) is 93.1 cm³/mol. The molecule has 4 heteroatoms. The molecule has 0 aromatic heterocycles. The van der Waals surface area contributed by atoms with Crippen molar-refractivity contribution in [3.63, 3.8) is 0 Å². The van der Waals surface area contributed by atoms with Gasteiger partial charge >= 0.3 is 0 Å². The molecule has 4 saturated heterocycles. The first-order valence-corrected chi connectivity index (χ1v) is 9.13. The first-order chi connectivity index (χ1) is 10.1. The van der Waals surface area contributed by atoms with E-state index in [-0.39, 0.29) is 0 Å². The Hall–Kier alpha value is -0.160. The summed E-state index contributed by atoms with van der Waals surface area (Å²) in [7, 11) is 0. The van der Waals surface area contributed by atoms with Crippen LogP contribution in [-0.4, -0.2) is 88.7 Å². The van der Waals surface area contributed by atoms with Crippen molar-refractivity contribution in [2.24, 2.45) is 0 Å². The Bertz CT molecular complexity index is 375. The van der Waals surface area contributed by atoms with Gasteiger partial charge in [0.15, 0.2) is 0 Å². The SMILES string of the molecule is CC(C)(C)N1CCN(CN2CC3CC(C2)N3C(C)(C)C)CC1. The van der Waals surface area contributed by atoms with Crippen molar-refractivity contribution < 1.29 is 0 Å². The number of piperidine rings is 1. The van der Waals surface area contributed by atoms with Gasteiger partial charge in [-0.1, -0.05) is 0 Å². The summed E-state index contributed by atoms with van der Waals surface area (Å²) in [5.74, 6) is 0. The van der Waals surface area contributed by atoms with Gasteiger partial charge in [-0.15, -0.1) is 0 Å². The second-order valence-electron chi connectivity index (χ2n) is 9.57. The van der Waals surface area contributed by atoms with Crippen LogP contribution in [-0.2, 0) is 0 Å². The van der Waals surface area contributed by atoms with Crippen LogP contribution in [0.3, 0.4) is 0 Å². The van der Waals surface area contributed by atoms with Crippen LogP contribution in [0.1, 0.15) is 48.0 Å². The van der Waals surface area contributed by atoms with Gasteiger partial charge in [0.05, 0.1) is 6.67 Å². The minimum absolute atomic E-state index is 0.325. The Balaban J connectivity index is 1.45. The number of fused-ring (bicyclic) bond motifs is 2. The Morgan fingerprint density at radius 2 is 1.27 bits per heavy atom. The summed E-state index contributed by atoms with van der Waals surface area (Å²) in [4.78, 5) is 10.7. The second-order valence-corrected chi connectivity index (χ2v) is 9.57. The molecule has 2 unspecified atom stereocenters. The van der Waals surface area contributed by atoms with Crippen LogP contribution in [0.25, 0.3) is 0 Å². The fourth-order valence-corrected chi connectivity index (χ4v) is 4.75. The molecule has 0 aromatic carbocycles. The van der Waals surface area contributed by atoms with Crippen LogP contribution in [0.4, 0.5) is 0 Å². The molecule has 2 atom stereocenters. The maximum Gasteiger partial charge on any atom is 0.0508 e. The van der Waals surface area contributed by atoms with E-state index in [9.17, 15) is 0 Å². The lowest BCUT2D eigenvalue weighted by Gasteiger charge is -2.62. The third kappa shape index (κ3) is 3.35. The van der Waals surface area contributed by atoms with Crippen molar-refractivity contribution in [2.75, 3.05) is 45.9 Å². The molecule has 22 heavy (non-hydrogen) atoms. The first-order valence-electron chi connectivity index (χ1n) is 9.13. The van der Waals surface area contributed by atoms with E-state index in [2.05, 4.69) is 61.1 Å². The van der Waals surface area contributed by atoms with Crippen LogP contribution < -0.4 is 0 Å². The lowest BCUT2D eigenvalue weighted by molar-refractivity contribution is -0.129. The fourth-order valence-electron chi connectivity index (χ4n) is 4.75. The van der Waals surface area contributed by atoms with Crippen molar-refractivity contribution in [3.05, 3.63) is 0 Å². The highest BCUT2D eigenvalue weighted by Crippen LogP contribution is 2.38. The molecule has 128 valence electrons. The minimum Gasteiger partial charge on any atom is -0.296 e. The zero-order chi connectivity index (χ0) is 16.1. The van der Waals surface area contributed by atoms with E-state index < -0.39 is 0 Å². The van der Waals surface area contributed by atoms with Gasteiger partial charge in [0.2, 0.25) is 0 Å². The molecule has 0 spiro atoms. The van der Waals surface area contributed by atoms with Crippen LogP contribution in [0.15, 0.2) is 0 Å². The average molecular weight is 309 g/mol. The molecule has 4 heterocycles. The van der Waals surface area contributed by atoms with Crippen molar-refractivity contribution in [3.8, 4) is 0 Å². The van der Waals surface area contributed by atoms with Gasteiger partial charge in [-0.3, -0.25) is 19.6 Å². The smallest absolute Gasteiger partial charge is 0.0508 e. The normalized spacial score (nSPS) is 33.0. The zero-order valence-electron chi connectivity index (χ0n) is 15.6. The molecule has 0 N–H and O–H groups in total. The van der Waals surface area contributed by atoms with Crippen molar-refractivity contribution in [2.45, 2.75) is 71.1 Å². The minimum atomic E-state index is 0.325. The summed E-state index contributed by atoms with van der Waals surface area (Å²) in [5, 5.41) is 0.